The third-order valence-corrected chi connectivity index (χ3v) is 6.38. The number of methoxy groups -OCH3 is 1. The van der Waals surface area contributed by atoms with Gasteiger partial charge in [-0.3, -0.25) is 0 Å². The third-order valence-electron chi connectivity index (χ3n) is 5.85. The number of anilines is 1. The van der Waals surface area contributed by atoms with Crippen LogP contribution in [0.5, 0.6) is 5.75 Å². The minimum absolute atomic E-state index is 0.170. The van der Waals surface area contributed by atoms with Crippen molar-refractivity contribution in [3.8, 4) is 5.75 Å². The van der Waals surface area contributed by atoms with Crippen LogP contribution in [-0.4, -0.2) is 13.7 Å². The van der Waals surface area contributed by atoms with Crippen molar-refractivity contribution in [2.75, 3.05) is 18.6 Å². The molecule has 1 heterocycles. The van der Waals surface area contributed by atoms with E-state index in [0.29, 0.717) is 5.56 Å². The van der Waals surface area contributed by atoms with E-state index < -0.39 is 5.54 Å². The highest BCUT2D eigenvalue weighted by atomic mass is 79.9. The van der Waals surface area contributed by atoms with Gasteiger partial charge in [0.15, 0.2) is 0 Å². The molecule has 0 saturated heterocycles. The lowest BCUT2D eigenvalue weighted by Crippen LogP contribution is -2.49. The predicted molar refractivity (Wildman–Crippen MR) is 116 cm³/mol. The zero-order chi connectivity index (χ0) is 19.9. The van der Waals surface area contributed by atoms with E-state index >= 15 is 0 Å². The average molecular weight is 440 g/mol. The maximum Gasteiger partial charge on any atom is 0.128 e. The van der Waals surface area contributed by atoms with Gasteiger partial charge < -0.3 is 9.64 Å². The summed E-state index contributed by atoms with van der Waals surface area (Å²) in [6.45, 7) is 4.82. The smallest absolute Gasteiger partial charge is 0.128 e. The Kier molecular flexibility index (Phi) is 4.92. The molecule has 0 aromatic heterocycles. The highest BCUT2D eigenvalue weighted by Gasteiger charge is 2.40. The summed E-state index contributed by atoms with van der Waals surface area (Å²) in [4.78, 5) is 2.31. The summed E-state index contributed by atoms with van der Waals surface area (Å²) in [6, 6.07) is 20.2. The number of rotatable bonds is 3. The molecular weight excluding hydrogens is 417 g/mol. The third kappa shape index (κ3) is 3.10. The highest BCUT2D eigenvalue weighted by Crippen LogP contribution is 2.44. The van der Waals surface area contributed by atoms with Gasteiger partial charge in [-0.05, 0) is 78.9 Å². The first-order valence-corrected chi connectivity index (χ1v) is 10.2. The molecular formula is C24H23BrFNO. The summed E-state index contributed by atoms with van der Waals surface area (Å²) in [5.74, 6) is 0.697. The highest BCUT2D eigenvalue weighted by molar-refractivity contribution is 9.10. The zero-order valence-corrected chi connectivity index (χ0v) is 17.9. The van der Waals surface area contributed by atoms with Crippen molar-refractivity contribution in [1.29, 1.82) is 0 Å². The van der Waals surface area contributed by atoms with Crippen LogP contribution in [0.15, 0.2) is 65.1 Å². The van der Waals surface area contributed by atoms with Crippen LogP contribution in [0.1, 0.15) is 29.2 Å². The Morgan fingerprint density at radius 3 is 2.46 bits per heavy atom. The number of fused-ring (bicyclic) bond motifs is 1. The molecule has 1 aliphatic heterocycles. The molecule has 144 valence electrons. The van der Waals surface area contributed by atoms with E-state index in [0.717, 1.165) is 28.9 Å². The van der Waals surface area contributed by atoms with Gasteiger partial charge in [-0.15, -0.1) is 0 Å². The van der Waals surface area contributed by atoms with Crippen molar-refractivity contribution in [1.82, 2.24) is 0 Å². The Morgan fingerprint density at radius 2 is 1.79 bits per heavy atom. The first-order valence-electron chi connectivity index (χ1n) is 9.40. The van der Waals surface area contributed by atoms with E-state index in [4.69, 9.17) is 4.74 Å². The van der Waals surface area contributed by atoms with Gasteiger partial charge in [0.1, 0.15) is 11.6 Å². The lowest BCUT2D eigenvalue weighted by atomic mass is 9.76. The molecule has 2 nitrogen and oxygen atoms in total. The lowest BCUT2D eigenvalue weighted by molar-refractivity contribution is 0.411. The van der Waals surface area contributed by atoms with Crippen molar-refractivity contribution in [3.63, 3.8) is 0 Å². The normalized spacial score (nSPS) is 18.7. The van der Waals surface area contributed by atoms with E-state index in [1.165, 1.54) is 16.7 Å². The van der Waals surface area contributed by atoms with E-state index in [1.807, 2.05) is 18.2 Å². The van der Waals surface area contributed by atoms with Gasteiger partial charge >= 0.3 is 0 Å². The van der Waals surface area contributed by atoms with Crippen molar-refractivity contribution in [2.24, 2.45) is 0 Å². The fourth-order valence-electron chi connectivity index (χ4n) is 4.20. The standard InChI is InChI=1S/C24H23BrFNO/c1-16-4-9-20(15-23(16)26)27-13-12-17-14-21(28-3)10-11-22(17)24(27,2)18-5-7-19(25)8-6-18/h4-11,14-15H,12-13H2,1-3H3. The first kappa shape index (κ1) is 19.0. The zero-order valence-electron chi connectivity index (χ0n) is 16.3. The molecule has 0 amide bonds. The van der Waals surface area contributed by atoms with E-state index in [1.54, 1.807) is 20.1 Å². The first-order chi connectivity index (χ1) is 13.4. The number of nitrogens with zero attached hydrogens (tertiary/aromatic N) is 1. The Hall–Kier alpha value is -2.33. The fourth-order valence-corrected chi connectivity index (χ4v) is 4.47. The molecule has 1 unspecified atom stereocenters. The molecule has 0 spiro atoms. The topological polar surface area (TPSA) is 12.5 Å². The Labute approximate surface area is 174 Å². The van der Waals surface area contributed by atoms with Gasteiger partial charge in [-0.1, -0.05) is 40.2 Å². The molecule has 0 bridgehead atoms. The van der Waals surface area contributed by atoms with Crippen LogP contribution < -0.4 is 9.64 Å². The quantitative estimate of drug-likeness (QED) is 0.479. The maximum absolute atomic E-state index is 14.4. The fraction of sp³-hybridized carbons (Fsp3) is 0.250. The van der Waals surface area contributed by atoms with Gasteiger partial charge in [-0.2, -0.15) is 0 Å². The average Bonchev–Trinajstić information content (AvgIpc) is 2.70. The van der Waals surface area contributed by atoms with Crippen LogP contribution in [0.4, 0.5) is 10.1 Å². The van der Waals surface area contributed by atoms with Gasteiger partial charge in [-0.25, -0.2) is 4.39 Å². The molecule has 3 aromatic carbocycles. The van der Waals surface area contributed by atoms with Crippen LogP contribution in [0.25, 0.3) is 0 Å². The Morgan fingerprint density at radius 1 is 1.04 bits per heavy atom. The van der Waals surface area contributed by atoms with Crippen LogP contribution in [0.3, 0.4) is 0 Å². The second-order valence-electron chi connectivity index (χ2n) is 7.44. The number of hydrogen-bond acceptors (Lipinski definition) is 2. The van der Waals surface area contributed by atoms with Gasteiger partial charge in [0.25, 0.3) is 0 Å². The minimum atomic E-state index is -0.414. The van der Waals surface area contributed by atoms with Crippen LogP contribution in [0.2, 0.25) is 0 Å². The molecule has 28 heavy (non-hydrogen) atoms. The molecule has 3 aromatic rings. The van der Waals surface area contributed by atoms with Gasteiger partial charge in [0.05, 0.1) is 12.6 Å². The Bertz CT molecular complexity index is 1020. The molecule has 0 radical (unpaired) electrons. The van der Waals surface area contributed by atoms with Crippen LogP contribution >= 0.6 is 15.9 Å². The molecule has 0 aliphatic carbocycles. The summed E-state index contributed by atoms with van der Waals surface area (Å²) < 4.78 is 20.9. The summed E-state index contributed by atoms with van der Waals surface area (Å²) in [7, 11) is 1.69. The SMILES string of the molecule is COc1ccc2c(c1)CCN(c1ccc(C)c(F)c1)C2(C)c1ccc(Br)cc1. The number of benzene rings is 3. The molecule has 1 aliphatic rings. The summed E-state index contributed by atoms with van der Waals surface area (Å²) in [6.07, 6.45) is 0.883. The number of hydrogen-bond donors (Lipinski definition) is 0. The number of halogens is 2. The molecule has 0 N–H and O–H groups in total. The largest absolute Gasteiger partial charge is 0.497 e. The maximum atomic E-state index is 14.4. The number of ether oxygens (including phenoxy) is 1. The molecule has 1 atom stereocenters. The van der Waals surface area contributed by atoms with E-state index in [2.05, 4.69) is 64.2 Å². The van der Waals surface area contributed by atoms with Gasteiger partial charge in [0.2, 0.25) is 0 Å². The minimum Gasteiger partial charge on any atom is -0.497 e. The predicted octanol–water partition coefficient (Wildman–Crippen LogP) is 6.23. The van der Waals surface area contributed by atoms with Crippen LogP contribution in [-0.2, 0) is 12.0 Å². The van der Waals surface area contributed by atoms with Crippen molar-refractivity contribution >= 4 is 21.6 Å². The van der Waals surface area contributed by atoms with E-state index in [9.17, 15) is 4.39 Å². The number of aryl methyl sites for hydroxylation is 1. The van der Waals surface area contributed by atoms with Gasteiger partial charge in [0, 0.05) is 16.7 Å². The van der Waals surface area contributed by atoms with E-state index in [-0.39, 0.29) is 5.82 Å². The molecule has 0 saturated carbocycles. The molecule has 0 fully saturated rings. The second-order valence-corrected chi connectivity index (χ2v) is 8.35. The summed E-state index contributed by atoms with van der Waals surface area (Å²) in [5, 5.41) is 0. The van der Waals surface area contributed by atoms with Crippen molar-refractivity contribution in [2.45, 2.75) is 25.8 Å². The summed E-state index contributed by atoms with van der Waals surface area (Å²) in [5.41, 5.74) is 4.81. The lowest BCUT2D eigenvalue weighted by Gasteiger charge is -2.48. The Balaban J connectivity index is 1.92. The van der Waals surface area contributed by atoms with Crippen molar-refractivity contribution in [3.05, 3.63) is 93.2 Å². The summed E-state index contributed by atoms with van der Waals surface area (Å²) >= 11 is 3.54. The van der Waals surface area contributed by atoms with Crippen molar-refractivity contribution < 1.29 is 9.13 Å². The molecule has 4 heteroatoms. The van der Waals surface area contributed by atoms with Crippen LogP contribution in [0, 0.1) is 12.7 Å². The second kappa shape index (κ2) is 7.25. The molecule has 4 rings (SSSR count). The monoisotopic (exact) mass is 439 g/mol.